The number of benzene rings is 2. The van der Waals surface area contributed by atoms with Crippen LogP contribution in [0.3, 0.4) is 0 Å². The molecule has 134 valence electrons. The number of fused-ring (bicyclic) bond motifs is 1. The average Bonchev–Trinajstić information content (AvgIpc) is 3.11. The van der Waals surface area contributed by atoms with Gasteiger partial charge in [-0.05, 0) is 37.1 Å². The maximum atomic E-state index is 12.1. The molecule has 2 aromatic carbocycles. The maximum absolute atomic E-state index is 12.1. The SMILES string of the molecule is O=C(CCCCNC(=O)c1ccc(-c2cc3ccccc3o2)cc1)NO. The maximum Gasteiger partial charge on any atom is 0.251 e. The number of amides is 2. The minimum Gasteiger partial charge on any atom is -0.456 e. The van der Waals surface area contributed by atoms with E-state index in [1.165, 1.54) is 0 Å². The van der Waals surface area contributed by atoms with Crippen LogP contribution < -0.4 is 10.8 Å². The van der Waals surface area contributed by atoms with E-state index < -0.39 is 5.91 Å². The third-order valence-electron chi connectivity index (χ3n) is 4.10. The van der Waals surface area contributed by atoms with Crippen molar-refractivity contribution in [2.45, 2.75) is 19.3 Å². The second-order valence-electron chi connectivity index (χ2n) is 5.97. The molecule has 0 fully saturated rings. The van der Waals surface area contributed by atoms with E-state index in [1.807, 2.05) is 42.5 Å². The molecule has 3 rings (SSSR count). The molecular weight excluding hydrogens is 332 g/mol. The van der Waals surface area contributed by atoms with Crippen LogP contribution in [0, 0.1) is 0 Å². The summed E-state index contributed by atoms with van der Waals surface area (Å²) in [6.07, 6.45) is 1.49. The molecule has 3 aromatic rings. The molecule has 1 heterocycles. The molecular formula is C20H20N2O4. The second kappa shape index (κ2) is 8.31. The summed E-state index contributed by atoms with van der Waals surface area (Å²) >= 11 is 0. The molecule has 0 spiro atoms. The van der Waals surface area contributed by atoms with E-state index in [2.05, 4.69) is 5.32 Å². The Kier molecular flexibility index (Phi) is 5.66. The molecule has 2 amide bonds. The Labute approximate surface area is 150 Å². The van der Waals surface area contributed by atoms with Crippen molar-refractivity contribution in [3.63, 3.8) is 0 Å². The fourth-order valence-corrected chi connectivity index (χ4v) is 2.68. The van der Waals surface area contributed by atoms with Crippen LogP contribution >= 0.6 is 0 Å². The molecule has 0 saturated carbocycles. The summed E-state index contributed by atoms with van der Waals surface area (Å²) in [6, 6.07) is 17.0. The van der Waals surface area contributed by atoms with E-state index in [4.69, 9.17) is 9.62 Å². The largest absolute Gasteiger partial charge is 0.456 e. The number of nitrogens with one attached hydrogen (secondary N) is 2. The fraction of sp³-hybridized carbons (Fsp3) is 0.200. The smallest absolute Gasteiger partial charge is 0.251 e. The highest BCUT2D eigenvalue weighted by Gasteiger charge is 2.09. The van der Waals surface area contributed by atoms with Crippen molar-refractivity contribution in [2.75, 3.05) is 6.54 Å². The molecule has 6 heteroatoms. The summed E-state index contributed by atoms with van der Waals surface area (Å²) in [7, 11) is 0. The third-order valence-corrected chi connectivity index (χ3v) is 4.10. The number of furan rings is 1. The lowest BCUT2D eigenvalue weighted by Crippen LogP contribution is -2.25. The van der Waals surface area contributed by atoms with Gasteiger partial charge in [0.15, 0.2) is 0 Å². The summed E-state index contributed by atoms with van der Waals surface area (Å²) in [6.45, 7) is 0.475. The van der Waals surface area contributed by atoms with E-state index in [0.29, 0.717) is 24.9 Å². The third kappa shape index (κ3) is 4.29. The molecule has 0 aliphatic heterocycles. The van der Waals surface area contributed by atoms with Gasteiger partial charge in [0.2, 0.25) is 5.91 Å². The van der Waals surface area contributed by atoms with Crippen molar-refractivity contribution in [1.29, 1.82) is 0 Å². The van der Waals surface area contributed by atoms with Crippen molar-refractivity contribution < 1.29 is 19.2 Å². The predicted molar refractivity (Wildman–Crippen MR) is 97.8 cm³/mol. The van der Waals surface area contributed by atoms with Crippen molar-refractivity contribution in [3.05, 3.63) is 60.2 Å². The van der Waals surface area contributed by atoms with Gasteiger partial charge in [-0.3, -0.25) is 14.8 Å². The van der Waals surface area contributed by atoms with Crippen LogP contribution in [-0.4, -0.2) is 23.6 Å². The van der Waals surface area contributed by atoms with Crippen LogP contribution in [0.25, 0.3) is 22.3 Å². The van der Waals surface area contributed by atoms with Crippen molar-refractivity contribution in [3.8, 4) is 11.3 Å². The van der Waals surface area contributed by atoms with Gasteiger partial charge in [-0.1, -0.05) is 30.3 Å². The van der Waals surface area contributed by atoms with E-state index >= 15 is 0 Å². The van der Waals surface area contributed by atoms with Gasteiger partial charge in [-0.25, -0.2) is 5.48 Å². The molecule has 26 heavy (non-hydrogen) atoms. The number of hydrogen-bond donors (Lipinski definition) is 3. The molecule has 0 bridgehead atoms. The molecule has 6 nitrogen and oxygen atoms in total. The first-order valence-corrected chi connectivity index (χ1v) is 8.47. The van der Waals surface area contributed by atoms with E-state index in [9.17, 15) is 9.59 Å². The lowest BCUT2D eigenvalue weighted by molar-refractivity contribution is -0.129. The topological polar surface area (TPSA) is 91.6 Å². The summed E-state index contributed by atoms with van der Waals surface area (Å²) in [5.41, 5.74) is 3.89. The molecule has 0 atom stereocenters. The normalized spacial score (nSPS) is 10.7. The Hall–Kier alpha value is -3.12. The highest BCUT2D eigenvalue weighted by molar-refractivity contribution is 5.94. The number of para-hydroxylation sites is 1. The second-order valence-corrected chi connectivity index (χ2v) is 5.97. The fourth-order valence-electron chi connectivity index (χ4n) is 2.68. The zero-order valence-electron chi connectivity index (χ0n) is 14.2. The average molecular weight is 352 g/mol. The first-order valence-electron chi connectivity index (χ1n) is 8.47. The van der Waals surface area contributed by atoms with Gasteiger partial charge in [0.1, 0.15) is 11.3 Å². The Morgan fingerprint density at radius 2 is 1.77 bits per heavy atom. The Morgan fingerprint density at radius 1 is 1.00 bits per heavy atom. The van der Waals surface area contributed by atoms with Gasteiger partial charge in [0, 0.05) is 29.5 Å². The summed E-state index contributed by atoms with van der Waals surface area (Å²) in [5, 5.41) is 12.3. The number of carbonyl (C=O) groups excluding carboxylic acids is 2. The predicted octanol–water partition coefficient (Wildman–Crippen LogP) is 3.51. The van der Waals surface area contributed by atoms with Gasteiger partial charge in [0.05, 0.1) is 0 Å². The number of hydrogen-bond acceptors (Lipinski definition) is 4. The van der Waals surface area contributed by atoms with Crippen LogP contribution in [0.4, 0.5) is 0 Å². The molecule has 3 N–H and O–H groups in total. The molecule has 0 aliphatic carbocycles. The summed E-state index contributed by atoms with van der Waals surface area (Å²) < 4.78 is 5.82. The van der Waals surface area contributed by atoms with Crippen molar-refractivity contribution >= 4 is 22.8 Å². The molecule has 0 unspecified atom stereocenters. The van der Waals surface area contributed by atoms with E-state index in [0.717, 1.165) is 22.3 Å². The van der Waals surface area contributed by atoms with Gasteiger partial charge in [-0.15, -0.1) is 0 Å². The minimum atomic E-state index is -0.419. The lowest BCUT2D eigenvalue weighted by Gasteiger charge is -2.05. The molecule has 0 radical (unpaired) electrons. The van der Waals surface area contributed by atoms with Crippen LogP contribution in [0.1, 0.15) is 29.6 Å². The Morgan fingerprint density at radius 3 is 2.50 bits per heavy atom. The number of hydroxylamine groups is 1. The number of rotatable bonds is 7. The first kappa shape index (κ1) is 17.7. The lowest BCUT2D eigenvalue weighted by atomic mass is 10.1. The first-order chi connectivity index (χ1) is 12.7. The Balaban J connectivity index is 1.55. The van der Waals surface area contributed by atoms with Crippen molar-refractivity contribution in [1.82, 2.24) is 10.8 Å². The number of unbranched alkanes of at least 4 members (excludes halogenated alkanes) is 1. The summed E-state index contributed by atoms with van der Waals surface area (Å²) in [4.78, 5) is 23.0. The van der Waals surface area contributed by atoms with E-state index in [1.54, 1.807) is 17.6 Å². The van der Waals surface area contributed by atoms with Crippen LogP contribution in [0.15, 0.2) is 59.0 Å². The molecule has 0 saturated heterocycles. The molecule has 1 aromatic heterocycles. The minimum absolute atomic E-state index is 0.159. The highest BCUT2D eigenvalue weighted by Crippen LogP contribution is 2.27. The molecule has 0 aliphatic rings. The van der Waals surface area contributed by atoms with Crippen LogP contribution in [-0.2, 0) is 4.79 Å². The van der Waals surface area contributed by atoms with E-state index in [-0.39, 0.29) is 12.3 Å². The quantitative estimate of drug-likeness (QED) is 0.345. The summed E-state index contributed by atoms with van der Waals surface area (Å²) in [5.74, 6) is 0.186. The van der Waals surface area contributed by atoms with Gasteiger partial charge >= 0.3 is 0 Å². The van der Waals surface area contributed by atoms with Gasteiger partial charge in [0.25, 0.3) is 5.91 Å². The zero-order valence-corrected chi connectivity index (χ0v) is 14.2. The number of carbonyl (C=O) groups is 2. The van der Waals surface area contributed by atoms with Crippen molar-refractivity contribution in [2.24, 2.45) is 0 Å². The van der Waals surface area contributed by atoms with Crippen LogP contribution in [0.5, 0.6) is 0 Å². The monoisotopic (exact) mass is 352 g/mol. The highest BCUT2D eigenvalue weighted by atomic mass is 16.5. The van der Waals surface area contributed by atoms with Gasteiger partial charge < -0.3 is 9.73 Å². The standard InChI is InChI=1S/C20H20N2O4/c23-19(22-25)7-3-4-12-21-20(24)15-10-8-14(9-11-15)18-13-16-5-1-2-6-17(16)26-18/h1-2,5-6,8-11,13,25H,3-4,7,12H2,(H,21,24)(H,22,23). The zero-order chi connectivity index (χ0) is 18.4. The van der Waals surface area contributed by atoms with Gasteiger partial charge in [-0.2, -0.15) is 0 Å². The van der Waals surface area contributed by atoms with Crippen LogP contribution in [0.2, 0.25) is 0 Å². The Bertz CT molecular complexity index is 867.